The standard InChI is InChI=1S/C30H55NO9/c1-12-22-30(8,36)26(34)18(4)24(32)16(2)15-29(7,37-11)27(19(5)25(33)20(6)28(35)39-22)40-23-14-21(31(9)10)13-17(3)38-23/h16-23,25-27,33-34,36H,12-15H2,1-11H3/t16-,17-,18+,19+,20-,21+,22-,23+,25+,26-,27-,29-,30-/m1/s1. The summed E-state index contributed by atoms with van der Waals surface area (Å²) in [6.07, 6.45) is -3.25. The molecule has 2 heterocycles. The molecule has 0 saturated carbocycles. The lowest BCUT2D eigenvalue weighted by atomic mass is 9.74. The number of aliphatic hydroxyl groups excluding tert-OH is 2. The highest BCUT2D eigenvalue weighted by atomic mass is 16.7. The monoisotopic (exact) mass is 573 g/mol. The van der Waals surface area contributed by atoms with Crippen molar-refractivity contribution >= 4 is 11.8 Å². The molecule has 10 nitrogen and oxygen atoms in total. The van der Waals surface area contributed by atoms with Crippen molar-refractivity contribution < 1.29 is 43.9 Å². The zero-order valence-electron chi connectivity index (χ0n) is 26.4. The zero-order chi connectivity index (χ0) is 30.7. The first-order valence-electron chi connectivity index (χ1n) is 14.8. The molecule has 0 unspecified atom stereocenters. The van der Waals surface area contributed by atoms with Crippen LogP contribution < -0.4 is 0 Å². The quantitative estimate of drug-likeness (QED) is 0.421. The maximum Gasteiger partial charge on any atom is 0.311 e. The van der Waals surface area contributed by atoms with Gasteiger partial charge in [-0.1, -0.05) is 27.7 Å². The Morgan fingerprint density at radius 2 is 1.62 bits per heavy atom. The largest absolute Gasteiger partial charge is 0.459 e. The molecule has 0 aromatic heterocycles. The normalized spacial score (nSPS) is 46.6. The molecule has 10 heteroatoms. The van der Waals surface area contributed by atoms with E-state index in [4.69, 9.17) is 18.9 Å². The van der Waals surface area contributed by atoms with Gasteiger partial charge in [0.25, 0.3) is 0 Å². The molecule has 0 spiro atoms. The first-order chi connectivity index (χ1) is 18.4. The summed E-state index contributed by atoms with van der Waals surface area (Å²) in [6, 6.07) is 0.233. The molecule has 2 aliphatic rings. The number of hydrogen-bond acceptors (Lipinski definition) is 10. The topological polar surface area (TPSA) is 135 Å². The highest BCUT2D eigenvalue weighted by Crippen LogP contribution is 2.39. The minimum atomic E-state index is -1.88. The van der Waals surface area contributed by atoms with Crippen molar-refractivity contribution in [3.05, 3.63) is 0 Å². The Morgan fingerprint density at radius 1 is 1.02 bits per heavy atom. The average molecular weight is 574 g/mol. The lowest BCUT2D eigenvalue weighted by molar-refractivity contribution is -0.271. The second-order valence-electron chi connectivity index (χ2n) is 13.0. The fraction of sp³-hybridized carbons (Fsp3) is 0.933. The number of ether oxygens (including phenoxy) is 4. The summed E-state index contributed by atoms with van der Waals surface area (Å²) in [6.45, 7) is 13.6. The summed E-state index contributed by atoms with van der Waals surface area (Å²) in [5, 5.41) is 33.9. The van der Waals surface area contributed by atoms with Gasteiger partial charge in [0.1, 0.15) is 17.5 Å². The van der Waals surface area contributed by atoms with Crippen molar-refractivity contribution in [3.63, 3.8) is 0 Å². The zero-order valence-corrected chi connectivity index (χ0v) is 26.4. The molecule has 0 amide bonds. The fourth-order valence-electron chi connectivity index (χ4n) is 6.53. The van der Waals surface area contributed by atoms with Crippen LogP contribution in [0.5, 0.6) is 0 Å². The molecule has 2 saturated heterocycles. The fourth-order valence-corrected chi connectivity index (χ4v) is 6.53. The van der Waals surface area contributed by atoms with Gasteiger partial charge in [0, 0.05) is 37.3 Å². The maximum absolute atomic E-state index is 13.6. The van der Waals surface area contributed by atoms with Crippen LogP contribution >= 0.6 is 0 Å². The number of methoxy groups -OCH3 is 1. The number of aliphatic hydroxyl groups is 3. The van der Waals surface area contributed by atoms with E-state index in [9.17, 15) is 24.9 Å². The molecule has 0 bridgehead atoms. The van der Waals surface area contributed by atoms with E-state index >= 15 is 0 Å². The number of carbonyl (C=O) groups excluding carboxylic acids is 2. The van der Waals surface area contributed by atoms with Crippen molar-refractivity contribution in [1.29, 1.82) is 0 Å². The Morgan fingerprint density at radius 3 is 2.15 bits per heavy atom. The summed E-state index contributed by atoms with van der Waals surface area (Å²) in [5.74, 6) is -4.08. The minimum Gasteiger partial charge on any atom is -0.459 e. The third-order valence-corrected chi connectivity index (χ3v) is 9.45. The summed E-state index contributed by atoms with van der Waals surface area (Å²) in [4.78, 5) is 29.0. The highest BCUT2D eigenvalue weighted by molar-refractivity contribution is 5.83. The molecule has 0 radical (unpaired) electrons. The van der Waals surface area contributed by atoms with Crippen molar-refractivity contribution in [2.45, 2.75) is 135 Å². The molecule has 40 heavy (non-hydrogen) atoms. The lowest BCUT2D eigenvalue weighted by Gasteiger charge is -2.47. The van der Waals surface area contributed by atoms with Gasteiger partial charge < -0.3 is 39.2 Å². The van der Waals surface area contributed by atoms with Gasteiger partial charge in [-0.15, -0.1) is 0 Å². The van der Waals surface area contributed by atoms with E-state index in [0.717, 1.165) is 6.42 Å². The highest BCUT2D eigenvalue weighted by Gasteiger charge is 2.51. The van der Waals surface area contributed by atoms with E-state index in [-0.39, 0.29) is 30.8 Å². The molecule has 234 valence electrons. The van der Waals surface area contributed by atoms with Crippen LogP contribution in [0.15, 0.2) is 0 Å². The van der Waals surface area contributed by atoms with Crippen LogP contribution in [0.25, 0.3) is 0 Å². The lowest BCUT2D eigenvalue weighted by Crippen LogP contribution is -2.58. The van der Waals surface area contributed by atoms with Gasteiger partial charge >= 0.3 is 5.97 Å². The number of Topliss-reactive ketones (excluding diaryl/α,β-unsaturated/α-hetero) is 1. The van der Waals surface area contributed by atoms with Crippen molar-refractivity contribution in [2.75, 3.05) is 21.2 Å². The first-order valence-corrected chi connectivity index (χ1v) is 14.8. The van der Waals surface area contributed by atoms with Gasteiger partial charge in [-0.2, -0.15) is 0 Å². The number of ketones is 1. The molecular weight excluding hydrogens is 518 g/mol. The number of carbonyl (C=O) groups is 2. The molecule has 0 aliphatic carbocycles. The second kappa shape index (κ2) is 13.9. The third kappa shape index (κ3) is 7.62. The van der Waals surface area contributed by atoms with Crippen molar-refractivity contribution in [2.24, 2.45) is 23.7 Å². The number of esters is 1. The Kier molecular flexibility index (Phi) is 12.2. The van der Waals surface area contributed by atoms with Crippen LogP contribution in [0.1, 0.15) is 81.1 Å². The van der Waals surface area contributed by atoms with Gasteiger partial charge in [0.05, 0.1) is 35.9 Å². The minimum absolute atomic E-state index is 0.0470. The van der Waals surface area contributed by atoms with Gasteiger partial charge in [-0.25, -0.2) is 0 Å². The van der Waals surface area contributed by atoms with E-state index in [1.165, 1.54) is 14.0 Å². The Bertz CT molecular complexity index is 851. The number of nitrogens with zero attached hydrogens (tertiary/aromatic N) is 1. The van der Waals surface area contributed by atoms with E-state index in [1.807, 2.05) is 27.9 Å². The molecule has 2 fully saturated rings. The predicted octanol–water partition coefficient (Wildman–Crippen LogP) is 2.54. The molecule has 3 N–H and O–H groups in total. The van der Waals surface area contributed by atoms with E-state index < -0.39 is 71.5 Å². The van der Waals surface area contributed by atoms with E-state index in [2.05, 4.69) is 4.90 Å². The summed E-state index contributed by atoms with van der Waals surface area (Å²) >= 11 is 0. The number of cyclic esters (lactones) is 1. The van der Waals surface area contributed by atoms with Crippen LogP contribution in [0.3, 0.4) is 0 Å². The molecule has 2 aliphatic heterocycles. The molecule has 0 aromatic carbocycles. The van der Waals surface area contributed by atoms with Crippen LogP contribution in [-0.2, 0) is 28.5 Å². The van der Waals surface area contributed by atoms with Gasteiger partial charge in [-0.05, 0) is 61.1 Å². The van der Waals surface area contributed by atoms with Gasteiger partial charge in [-0.3, -0.25) is 9.59 Å². The molecule has 2 rings (SSSR count). The van der Waals surface area contributed by atoms with Crippen LogP contribution in [0, 0.1) is 23.7 Å². The van der Waals surface area contributed by atoms with Crippen LogP contribution in [-0.4, -0.2) is 107 Å². The van der Waals surface area contributed by atoms with E-state index in [1.54, 1.807) is 34.6 Å². The molecule has 0 aromatic rings. The molecule has 13 atom stereocenters. The smallest absolute Gasteiger partial charge is 0.311 e. The van der Waals surface area contributed by atoms with Crippen molar-refractivity contribution in [1.82, 2.24) is 4.90 Å². The van der Waals surface area contributed by atoms with Crippen LogP contribution in [0.2, 0.25) is 0 Å². The van der Waals surface area contributed by atoms with Crippen molar-refractivity contribution in [3.8, 4) is 0 Å². The summed E-state index contributed by atoms with van der Waals surface area (Å²) in [5.41, 5.74) is -2.95. The second-order valence-corrected chi connectivity index (χ2v) is 13.0. The molecular formula is C30H55NO9. The number of hydrogen-bond donors (Lipinski definition) is 3. The SMILES string of the molecule is CC[C@H]1OC(=O)[C@H](C)[C@@H](O)[C@H](C)[C@@H](O[C@H]2C[C@@H](N(C)C)C[C@@H](C)O2)[C@](C)(OC)C[C@@H](C)C(=O)[C@H](C)[C@@H](O)[C@]1(C)O. The average Bonchev–Trinajstić information content (AvgIpc) is 2.90. The first kappa shape index (κ1) is 35.1. The van der Waals surface area contributed by atoms with Crippen LogP contribution in [0.4, 0.5) is 0 Å². The van der Waals surface area contributed by atoms with E-state index in [0.29, 0.717) is 6.42 Å². The summed E-state index contributed by atoms with van der Waals surface area (Å²) in [7, 11) is 5.57. The van der Waals surface area contributed by atoms with Gasteiger partial charge in [0.15, 0.2) is 6.29 Å². The van der Waals surface area contributed by atoms with Gasteiger partial charge in [0.2, 0.25) is 0 Å². The Labute approximate surface area is 240 Å². The third-order valence-electron chi connectivity index (χ3n) is 9.45. The predicted molar refractivity (Wildman–Crippen MR) is 150 cm³/mol. The Hall–Kier alpha value is -1.14. The summed E-state index contributed by atoms with van der Waals surface area (Å²) < 4.78 is 24.5. The maximum atomic E-state index is 13.6. The Balaban J connectivity index is 2.56. The number of rotatable bonds is 5.